The van der Waals surface area contributed by atoms with Crippen molar-refractivity contribution in [3.8, 4) is 11.5 Å². The molecule has 2 aromatic carbocycles. The minimum absolute atomic E-state index is 0.257. The molecule has 0 saturated carbocycles. The predicted molar refractivity (Wildman–Crippen MR) is 90.0 cm³/mol. The highest BCUT2D eigenvalue weighted by atomic mass is 16.3. The highest BCUT2D eigenvalue weighted by Crippen LogP contribution is 2.28. The Morgan fingerprint density at radius 2 is 1.72 bits per heavy atom. The summed E-state index contributed by atoms with van der Waals surface area (Å²) in [5, 5.41) is 21.0. The number of amides is 4. The molecule has 0 bridgehead atoms. The van der Waals surface area contributed by atoms with Gasteiger partial charge in [0.25, 0.3) is 11.8 Å². The summed E-state index contributed by atoms with van der Waals surface area (Å²) in [6, 6.07) is 9.84. The molecule has 0 atom stereocenters. The number of urea groups is 1. The molecule has 0 aliphatic carbocycles. The van der Waals surface area contributed by atoms with Crippen molar-refractivity contribution in [1.82, 2.24) is 5.32 Å². The number of aryl methyl sites for hydroxylation is 1. The maximum absolute atomic E-state index is 12.7. The first-order chi connectivity index (χ1) is 11.9. The molecule has 1 saturated heterocycles. The molecular weight excluding hydrogens is 324 g/mol. The van der Waals surface area contributed by atoms with Crippen LogP contribution >= 0.6 is 0 Å². The Morgan fingerprint density at radius 1 is 1.00 bits per heavy atom. The minimum Gasteiger partial charge on any atom is -0.504 e. The zero-order valence-electron chi connectivity index (χ0n) is 13.2. The van der Waals surface area contributed by atoms with Crippen LogP contribution in [0.25, 0.3) is 6.08 Å². The van der Waals surface area contributed by atoms with E-state index >= 15 is 0 Å². The first kappa shape index (κ1) is 16.3. The van der Waals surface area contributed by atoms with Crippen molar-refractivity contribution in [2.24, 2.45) is 0 Å². The van der Waals surface area contributed by atoms with Crippen LogP contribution in [-0.2, 0) is 9.59 Å². The van der Waals surface area contributed by atoms with Gasteiger partial charge in [-0.05, 0) is 42.3 Å². The number of carbonyl (C=O) groups excluding carboxylic acids is 3. The van der Waals surface area contributed by atoms with Gasteiger partial charge >= 0.3 is 6.03 Å². The fraction of sp³-hybridized carbons (Fsp3) is 0.0556. The molecule has 3 rings (SSSR count). The number of hydrogen-bond acceptors (Lipinski definition) is 5. The lowest BCUT2D eigenvalue weighted by atomic mass is 10.1. The minimum atomic E-state index is -0.826. The van der Waals surface area contributed by atoms with E-state index in [0.717, 1.165) is 4.90 Å². The van der Waals surface area contributed by atoms with E-state index in [2.05, 4.69) is 5.32 Å². The van der Waals surface area contributed by atoms with E-state index < -0.39 is 17.8 Å². The third-order valence-corrected chi connectivity index (χ3v) is 3.77. The zero-order valence-corrected chi connectivity index (χ0v) is 13.2. The van der Waals surface area contributed by atoms with Gasteiger partial charge in [0.15, 0.2) is 11.5 Å². The van der Waals surface area contributed by atoms with Crippen LogP contribution in [0.1, 0.15) is 11.1 Å². The van der Waals surface area contributed by atoms with Crippen molar-refractivity contribution in [3.63, 3.8) is 0 Å². The number of phenols is 2. The van der Waals surface area contributed by atoms with Crippen molar-refractivity contribution in [2.45, 2.75) is 6.92 Å². The number of phenolic OH excluding ortho intramolecular Hbond substituents is 2. The van der Waals surface area contributed by atoms with Gasteiger partial charge in [0, 0.05) is 0 Å². The van der Waals surface area contributed by atoms with Crippen molar-refractivity contribution in [1.29, 1.82) is 0 Å². The molecule has 4 amide bonds. The first-order valence-corrected chi connectivity index (χ1v) is 7.37. The van der Waals surface area contributed by atoms with Gasteiger partial charge in [-0.3, -0.25) is 14.9 Å². The van der Waals surface area contributed by atoms with Crippen molar-refractivity contribution in [2.75, 3.05) is 4.90 Å². The third kappa shape index (κ3) is 2.94. The first-order valence-electron chi connectivity index (χ1n) is 7.37. The largest absolute Gasteiger partial charge is 0.504 e. The summed E-state index contributed by atoms with van der Waals surface area (Å²) in [6.45, 7) is 1.74. The zero-order chi connectivity index (χ0) is 18.1. The molecule has 3 N–H and O–H groups in total. The molecular formula is C18H14N2O5. The molecule has 0 spiro atoms. The average Bonchev–Trinajstić information content (AvgIpc) is 2.56. The second kappa shape index (κ2) is 6.12. The second-order valence-electron chi connectivity index (χ2n) is 5.49. The summed E-state index contributed by atoms with van der Waals surface area (Å²) < 4.78 is 0. The van der Waals surface area contributed by atoms with Gasteiger partial charge in [-0.2, -0.15) is 0 Å². The maximum atomic E-state index is 12.7. The monoisotopic (exact) mass is 338 g/mol. The Bertz CT molecular complexity index is 933. The predicted octanol–water partition coefficient (Wildman–Crippen LogP) is 2.07. The van der Waals surface area contributed by atoms with Crippen LogP contribution in [0.4, 0.5) is 10.5 Å². The van der Waals surface area contributed by atoms with Crippen LogP contribution in [0.5, 0.6) is 11.5 Å². The molecule has 7 nitrogen and oxygen atoms in total. The lowest BCUT2D eigenvalue weighted by molar-refractivity contribution is -0.122. The Hall–Kier alpha value is -3.61. The van der Waals surface area contributed by atoms with Gasteiger partial charge in [-0.1, -0.05) is 24.3 Å². The SMILES string of the molecule is Cc1ccccc1N1C(=O)NC(=O)C(=Cc2ccc(O)c(O)c2)C1=O. The van der Waals surface area contributed by atoms with Crippen LogP contribution in [0.2, 0.25) is 0 Å². The van der Waals surface area contributed by atoms with Crippen molar-refractivity contribution in [3.05, 3.63) is 59.2 Å². The second-order valence-corrected chi connectivity index (χ2v) is 5.49. The van der Waals surface area contributed by atoms with E-state index in [1.54, 1.807) is 31.2 Å². The molecule has 126 valence electrons. The summed E-state index contributed by atoms with van der Waals surface area (Å²) in [7, 11) is 0. The van der Waals surface area contributed by atoms with E-state index in [-0.39, 0.29) is 17.1 Å². The maximum Gasteiger partial charge on any atom is 0.335 e. The molecule has 0 aromatic heterocycles. The van der Waals surface area contributed by atoms with E-state index in [1.807, 2.05) is 0 Å². The average molecular weight is 338 g/mol. The molecule has 1 fully saturated rings. The molecule has 0 unspecified atom stereocenters. The molecule has 1 aliphatic rings. The Balaban J connectivity index is 2.05. The van der Waals surface area contributed by atoms with Crippen LogP contribution in [0, 0.1) is 6.92 Å². The highest BCUT2D eigenvalue weighted by Gasteiger charge is 2.37. The number of anilines is 1. The van der Waals surface area contributed by atoms with E-state index in [9.17, 15) is 24.6 Å². The fourth-order valence-corrected chi connectivity index (χ4v) is 2.49. The number of hydrogen-bond donors (Lipinski definition) is 3. The van der Waals surface area contributed by atoms with Gasteiger partial charge in [0.05, 0.1) is 5.69 Å². The smallest absolute Gasteiger partial charge is 0.335 e. The quantitative estimate of drug-likeness (QED) is 0.441. The van der Waals surface area contributed by atoms with E-state index in [4.69, 9.17) is 0 Å². The van der Waals surface area contributed by atoms with Crippen LogP contribution in [-0.4, -0.2) is 28.1 Å². The van der Waals surface area contributed by atoms with Gasteiger partial charge < -0.3 is 10.2 Å². The van der Waals surface area contributed by atoms with Gasteiger partial charge in [0.2, 0.25) is 0 Å². The number of barbiturate groups is 1. The summed E-state index contributed by atoms with van der Waals surface area (Å²) in [5.74, 6) is -2.30. The number of para-hydroxylation sites is 1. The van der Waals surface area contributed by atoms with Gasteiger partial charge in [-0.15, -0.1) is 0 Å². The molecule has 0 radical (unpaired) electrons. The number of imide groups is 2. The van der Waals surface area contributed by atoms with E-state index in [0.29, 0.717) is 16.8 Å². The highest BCUT2D eigenvalue weighted by molar-refractivity contribution is 6.39. The molecule has 1 aliphatic heterocycles. The Labute approximate surface area is 142 Å². The van der Waals surface area contributed by atoms with Gasteiger partial charge in [-0.25, -0.2) is 9.69 Å². The standard InChI is InChI=1S/C18H14N2O5/c1-10-4-2-3-5-13(10)20-17(24)12(16(23)19-18(20)25)8-11-6-7-14(21)15(22)9-11/h2-9,21-22H,1H3,(H,19,23,25). The lowest BCUT2D eigenvalue weighted by Crippen LogP contribution is -2.54. The fourth-order valence-electron chi connectivity index (χ4n) is 2.49. The summed E-state index contributed by atoms with van der Waals surface area (Å²) in [4.78, 5) is 37.8. The number of nitrogens with one attached hydrogen (secondary N) is 1. The summed E-state index contributed by atoms with van der Waals surface area (Å²) >= 11 is 0. The molecule has 2 aromatic rings. The van der Waals surface area contributed by atoms with Crippen molar-refractivity contribution < 1.29 is 24.6 Å². The van der Waals surface area contributed by atoms with Gasteiger partial charge in [0.1, 0.15) is 5.57 Å². The van der Waals surface area contributed by atoms with E-state index in [1.165, 1.54) is 24.3 Å². The Morgan fingerprint density at radius 3 is 2.40 bits per heavy atom. The number of aromatic hydroxyl groups is 2. The number of carbonyl (C=O) groups is 3. The summed E-state index contributed by atoms with van der Waals surface area (Å²) in [6.07, 6.45) is 1.24. The third-order valence-electron chi connectivity index (χ3n) is 3.77. The Kier molecular flexibility index (Phi) is 3.98. The topological polar surface area (TPSA) is 107 Å². The van der Waals surface area contributed by atoms with Crippen LogP contribution < -0.4 is 10.2 Å². The number of benzene rings is 2. The van der Waals surface area contributed by atoms with Crippen LogP contribution in [0.15, 0.2) is 48.0 Å². The normalized spacial score (nSPS) is 16.3. The molecule has 1 heterocycles. The summed E-state index contributed by atoms with van der Waals surface area (Å²) in [5.41, 5.74) is 1.14. The van der Waals surface area contributed by atoms with Crippen LogP contribution in [0.3, 0.4) is 0 Å². The van der Waals surface area contributed by atoms with Crippen molar-refractivity contribution >= 4 is 29.6 Å². The lowest BCUT2D eigenvalue weighted by Gasteiger charge is -2.27. The number of rotatable bonds is 2. The molecule has 7 heteroatoms. The molecule has 25 heavy (non-hydrogen) atoms. The number of nitrogens with zero attached hydrogens (tertiary/aromatic N) is 1.